The van der Waals surface area contributed by atoms with E-state index in [1.165, 1.54) is 5.56 Å². The van der Waals surface area contributed by atoms with Gasteiger partial charge in [-0.15, -0.1) is 0 Å². The number of rotatable bonds is 4. The second-order valence-electron chi connectivity index (χ2n) is 6.73. The Morgan fingerprint density at radius 1 is 1.15 bits per heavy atom. The summed E-state index contributed by atoms with van der Waals surface area (Å²) in [4.78, 5) is 20.8. The fraction of sp³-hybridized carbons (Fsp3) is 0.238. The zero-order chi connectivity index (χ0) is 18.8. The molecule has 6 heteroatoms. The summed E-state index contributed by atoms with van der Waals surface area (Å²) in [6, 6.07) is 9.33. The van der Waals surface area contributed by atoms with Gasteiger partial charge in [-0.2, -0.15) is 5.10 Å². The minimum atomic E-state index is -0.101. The summed E-state index contributed by atoms with van der Waals surface area (Å²) < 4.78 is 1.89. The SMILES string of the molecule is Cc1nn(-c2ccccn2)c(C)c1[C@@H]1C=C[C@@H](NC(=O)c2cccnc2)C1. The molecule has 0 fully saturated rings. The Morgan fingerprint density at radius 3 is 2.78 bits per heavy atom. The zero-order valence-electron chi connectivity index (χ0n) is 15.3. The van der Waals surface area contributed by atoms with Crippen LogP contribution in [0.2, 0.25) is 0 Å². The molecule has 0 unspecified atom stereocenters. The van der Waals surface area contributed by atoms with Crippen LogP contribution in [0.15, 0.2) is 61.1 Å². The highest BCUT2D eigenvalue weighted by molar-refractivity contribution is 5.94. The average molecular weight is 359 g/mol. The number of hydrogen-bond donors (Lipinski definition) is 1. The number of aryl methyl sites for hydroxylation is 1. The summed E-state index contributed by atoms with van der Waals surface area (Å²) >= 11 is 0. The summed E-state index contributed by atoms with van der Waals surface area (Å²) in [6.45, 7) is 4.09. The molecule has 0 spiro atoms. The number of nitrogens with one attached hydrogen (secondary N) is 1. The summed E-state index contributed by atoms with van der Waals surface area (Å²) in [5.74, 6) is 0.936. The van der Waals surface area contributed by atoms with Crippen molar-refractivity contribution in [3.8, 4) is 5.82 Å². The standard InChI is InChI=1S/C21H21N5O/c1-14-20(15(2)26(25-14)19-7-3-4-11-23-19)16-8-9-18(12-16)24-21(27)17-6-5-10-22-13-17/h3-11,13,16,18H,12H2,1-2H3,(H,24,27)/t16-,18-/m1/s1. The van der Waals surface area contributed by atoms with Crippen LogP contribution in [0.4, 0.5) is 0 Å². The smallest absolute Gasteiger partial charge is 0.253 e. The van der Waals surface area contributed by atoms with E-state index in [1.807, 2.05) is 29.8 Å². The number of pyridine rings is 2. The van der Waals surface area contributed by atoms with Gasteiger partial charge in [-0.25, -0.2) is 9.67 Å². The molecule has 0 bridgehead atoms. The Hall–Kier alpha value is -3.28. The first kappa shape index (κ1) is 17.1. The second-order valence-corrected chi connectivity index (χ2v) is 6.73. The predicted octanol–water partition coefficient (Wildman–Crippen LogP) is 3.12. The molecule has 6 nitrogen and oxygen atoms in total. The van der Waals surface area contributed by atoms with Gasteiger partial charge >= 0.3 is 0 Å². The lowest BCUT2D eigenvalue weighted by molar-refractivity contribution is 0.0943. The van der Waals surface area contributed by atoms with E-state index >= 15 is 0 Å². The van der Waals surface area contributed by atoms with Gasteiger partial charge in [0, 0.05) is 41.8 Å². The van der Waals surface area contributed by atoms with Crippen molar-refractivity contribution < 1.29 is 4.79 Å². The maximum Gasteiger partial charge on any atom is 0.253 e. The third-order valence-electron chi connectivity index (χ3n) is 4.91. The van der Waals surface area contributed by atoms with Crippen LogP contribution < -0.4 is 5.32 Å². The Labute approximate surface area is 158 Å². The summed E-state index contributed by atoms with van der Waals surface area (Å²) in [7, 11) is 0. The fourth-order valence-electron chi connectivity index (χ4n) is 3.66. The Balaban J connectivity index is 1.51. The topological polar surface area (TPSA) is 72.7 Å². The molecule has 4 rings (SSSR count). The lowest BCUT2D eigenvalue weighted by Crippen LogP contribution is -2.32. The summed E-state index contributed by atoms with van der Waals surface area (Å²) in [5.41, 5.74) is 3.85. The largest absolute Gasteiger partial charge is 0.346 e. The van der Waals surface area contributed by atoms with Crippen LogP contribution in [-0.4, -0.2) is 31.7 Å². The van der Waals surface area contributed by atoms with Gasteiger partial charge in [-0.3, -0.25) is 9.78 Å². The predicted molar refractivity (Wildman–Crippen MR) is 103 cm³/mol. The molecule has 27 heavy (non-hydrogen) atoms. The Morgan fingerprint density at radius 2 is 2.04 bits per heavy atom. The number of nitrogens with zero attached hydrogens (tertiary/aromatic N) is 4. The molecular formula is C21H21N5O. The zero-order valence-corrected chi connectivity index (χ0v) is 15.3. The first-order chi connectivity index (χ1) is 13.1. The molecule has 1 N–H and O–H groups in total. The molecule has 1 amide bonds. The molecule has 1 aliphatic rings. The van der Waals surface area contributed by atoms with Crippen LogP contribution in [0, 0.1) is 13.8 Å². The Kier molecular flexibility index (Phi) is 4.54. The average Bonchev–Trinajstić information content (AvgIpc) is 3.26. The Bertz CT molecular complexity index is 979. The maximum absolute atomic E-state index is 12.4. The third-order valence-corrected chi connectivity index (χ3v) is 4.91. The van der Waals surface area contributed by atoms with Crippen molar-refractivity contribution >= 4 is 5.91 Å². The number of carbonyl (C=O) groups excluding carboxylic acids is 1. The van der Waals surface area contributed by atoms with Crippen molar-refractivity contribution in [1.29, 1.82) is 0 Å². The van der Waals surface area contributed by atoms with E-state index < -0.39 is 0 Å². The highest BCUT2D eigenvalue weighted by atomic mass is 16.1. The van der Waals surface area contributed by atoms with Gasteiger partial charge in [0.1, 0.15) is 0 Å². The van der Waals surface area contributed by atoms with Crippen LogP contribution in [0.3, 0.4) is 0 Å². The number of hydrogen-bond acceptors (Lipinski definition) is 4. The van der Waals surface area contributed by atoms with Gasteiger partial charge in [0.05, 0.1) is 11.3 Å². The van der Waals surface area contributed by atoms with Crippen LogP contribution in [0.5, 0.6) is 0 Å². The van der Waals surface area contributed by atoms with Crippen molar-refractivity contribution in [2.75, 3.05) is 0 Å². The minimum Gasteiger partial charge on any atom is -0.346 e. The molecule has 3 aromatic rings. The highest BCUT2D eigenvalue weighted by Gasteiger charge is 2.27. The molecule has 0 aliphatic heterocycles. The molecule has 3 aromatic heterocycles. The fourth-order valence-corrected chi connectivity index (χ4v) is 3.66. The molecule has 0 radical (unpaired) electrons. The first-order valence-corrected chi connectivity index (χ1v) is 9.00. The lowest BCUT2D eigenvalue weighted by Gasteiger charge is -2.14. The third kappa shape index (κ3) is 3.38. The van der Waals surface area contributed by atoms with Crippen molar-refractivity contribution in [2.45, 2.75) is 32.2 Å². The van der Waals surface area contributed by atoms with E-state index in [4.69, 9.17) is 0 Å². The molecule has 0 saturated heterocycles. The quantitative estimate of drug-likeness (QED) is 0.727. The monoisotopic (exact) mass is 359 g/mol. The van der Waals surface area contributed by atoms with E-state index in [1.54, 1.807) is 30.7 Å². The van der Waals surface area contributed by atoms with Gasteiger partial charge in [-0.1, -0.05) is 18.2 Å². The second kappa shape index (κ2) is 7.15. The lowest BCUT2D eigenvalue weighted by atomic mass is 9.96. The van der Waals surface area contributed by atoms with Gasteiger partial charge < -0.3 is 5.32 Å². The molecule has 3 heterocycles. The number of aromatic nitrogens is 4. The van der Waals surface area contributed by atoms with Crippen molar-refractivity contribution in [3.63, 3.8) is 0 Å². The van der Waals surface area contributed by atoms with E-state index in [9.17, 15) is 4.79 Å². The van der Waals surface area contributed by atoms with Crippen LogP contribution in [0.25, 0.3) is 5.82 Å². The normalized spacial score (nSPS) is 18.6. The van der Waals surface area contributed by atoms with Gasteiger partial charge in [0.25, 0.3) is 5.91 Å². The molecule has 136 valence electrons. The van der Waals surface area contributed by atoms with Crippen LogP contribution in [0.1, 0.15) is 39.6 Å². The number of allylic oxidation sites excluding steroid dienone is 1. The van der Waals surface area contributed by atoms with Crippen LogP contribution in [-0.2, 0) is 0 Å². The van der Waals surface area contributed by atoms with Crippen LogP contribution >= 0.6 is 0 Å². The van der Waals surface area contributed by atoms with E-state index in [2.05, 4.69) is 39.5 Å². The van der Waals surface area contributed by atoms with E-state index in [-0.39, 0.29) is 17.9 Å². The van der Waals surface area contributed by atoms with Gasteiger partial charge in [-0.05, 0) is 44.5 Å². The van der Waals surface area contributed by atoms with Gasteiger partial charge in [0.2, 0.25) is 0 Å². The first-order valence-electron chi connectivity index (χ1n) is 9.00. The number of amides is 1. The van der Waals surface area contributed by atoms with Crippen molar-refractivity contribution in [2.24, 2.45) is 0 Å². The van der Waals surface area contributed by atoms with E-state index in [0.717, 1.165) is 23.6 Å². The molecule has 2 atom stereocenters. The summed E-state index contributed by atoms with van der Waals surface area (Å²) in [6.07, 6.45) is 10.1. The van der Waals surface area contributed by atoms with Crippen molar-refractivity contribution in [3.05, 3.63) is 83.6 Å². The molecule has 1 aliphatic carbocycles. The molecular weight excluding hydrogens is 338 g/mol. The molecule has 0 saturated carbocycles. The highest BCUT2D eigenvalue weighted by Crippen LogP contribution is 2.33. The summed E-state index contributed by atoms with van der Waals surface area (Å²) in [5, 5.41) is 7.75. The molecule has 0 aromatic carbocycles. The van der Waals surface area contributed by atoms with Gasteiger partial charge in [0.15, 0.2) is 5.82 Å². The minimum absolute atomic E-state index is 0.000272. The maximum atomic E-state index is 12.4. The number of carbonyl (C=O) groups is 1. The van der Waals surface area contributed by atoms with Crippen molar-refractivity contribution in [1.82, 2.24) is 25.1 Å². The van der Waals surface area contributed by atoms with E-state index in [0.29, 0.717) is 5.56 Å².